The summed E-state index contributed by atoms with van der Waals surface area (Å²) in [5.74, 6) is 1.47. The van der Waals surface area contributed by atoms with Crippen molar-refractivity contribution >= 4 is 0 Å². The maximum Gasteiger partial charge on any atom is -0.00315 e. The smallest absolute Gasteiger partial charge is 0.00315 e. The van der Waals surface area contributed by atoms with Crippen LogP contribution in [-0.4, -0.2) is 0 Å². The molecule has 0 heteroatoms. The highest BCUT2D eigenvalue weighted by atomic mass is 14.9. The van der Waals surface area contributed by atoms with Crippen LogP contribution >= 0.6 is 0 Å². The molecule has 0 radical (unpaired) electrons. The Hall–Kier alpha value is -0.780. The Labute approximate surface area is 275 Å². The fraction of sp³-hybridized carbons (Fsp3) is 0.864. The fourth-order valence-corrected chi connectivity index (χ4v) is 15.2. The van der Waals surface area contributed by atoms with Gasteiger partial charge in [0.1, 0.15) is 0 Å². The fourth-order valence-electron chi connectivity index (χ4n) is 15.2. The zero-order valence-electron chi connectivity index (χ0n) is 32.3. The van der Waals surface area contributed by atoms with E-state index in [1.54, 1.807) is 0 Å². The largest absolute Gasteiger partial charge is 0.0998 e. The Morgan fingerprint density at radius 2 is 1.07 bits per heavy atom. The molecule has 0 amide bonds. The highest BCUT2D eigenvalue weighted by Crippen LogP contribution is 2.89. The summed E-state index contributed by atoms with van der Waals surface area (Å²) in [4.78, 5) is 0. The lowest BCUT2D eigenvalue weighted by atomic mass is 9.21. The molecular weight excluding hydrogens is 528 g/mol. The zero-order chi connectivity index (χ0) is 33.4. The molecule has 0 aromatic carbocycles. The van der Waals surface area contributed by atoms with E-state index in [2.05, 4.69) is 110 Å². The van der Waals surface area contributed by atoms with Crippen LogP contribution in [0.15, 0.2) is 36.5 Å². The number of allylic oxidation sites excluding steroid dienone is 3. The highest BCUT2D eigenvalue weighted by Gasteiger charge is 2.81. The van der Waals surface area contributed by atoms with Gasteiger partial charge in [0, 0.05) is 0 Å². The molecule has 0 saturated heterocycles. The molecule has 10 atom stereocenters. The first-order valence-electron chi connectivity index (χ1n) is 18.8. The Bertz CT molecular complexity index is 1240. The second kappa shape index (κ2) is 9.65. The van der Waals surface area contributed by atoms with Crippen LogP contribution in [0.4, 0.5) is 0 Å². The number of rotatable bonds is 6. The topological polar surface area (TPSA) is 0 Å². The van der Waals surface area contributed by atoms with Gasteiger partial charge in [0.05, 0.1) is 0 Å². The zero-order valence-corrected chi connectivity index (χ0v) is 32.3. The van der Waals surface area contributed by atoms with E-state index in [-0.39, 0.29) is 10.8 Å². The maximum atomic E-state index is 4.73. The normalized spacial score (nSPS) is 51.4. The maximum absolute atomic E-state index is 4.73. The standard InChI is InChI=1S/C44H74/c1-30(2)35(7,8)29-32(5)28-34-19-20-38(12)37(11,36(34,9)10)22-23-40(14)39(38,13)24-25-42(16)41(40,15)26-27-44(31(3)4)21-18-33(6)43(42,44)17/h33-34H,1,3,5,18-29H2,2,4,6-17H3/t33?,34?,37-,38?,39?,40?,41?,42?,43+,44?/m0/s1. The quantitative estimate of drug-likeness (QED) is 0.265. The molecule has 44 heavy (non-hydrogen) atoms. The van der Waals surface area contributed by atoms with Crippen molar-refractivity contribution in [1.82, 2.24) is 0 Å². The Kier molecular flexibility index (Phi) is 7.58. The minimum absolute atomic E-state index is 0.133. The van der Waals surface area contributed by atoms with Crippen LogP contribution in [0.2, 0.25) is 0 Å². The molecule has 0 aromatic rings. The van der Waals surface area contributed by atoms with Crippen LogP contribution in [0.3, 0.4) is 0 Å². The van der Waals surface area contributed by atoms with E-state index >= 15 is 0 Å². The minimum Gasteiger partial charge on any atom is -0.0998 e. The Morgan fingerprint density at radius 3 is 1.59 bits per heavy atom. The highest BCUT2D eigenvalue weighted by molar-refractivity contribution is 5.33. The van der Waals surface area contributed by atoms with Gasteiger partial charge in [-0.1, -0.05) is 120 Å². The average molecular weight is 603 g/mol. The summed E-state index contributed by atoms with van der Waals surface area (Å²) in [6, 6.07) is 0. The summed E-state index contributed by atoms with van der Waals surface area (Å²) in [5.41, 5.74) is 7.19. The van der Waals surface area contributed by atoms with E-state index < -0.39 is 0 Å². The Balaban J connectivity index is 1.54. The van der Waals surface area contributed by atoms with Gasteiger partial charge < -0.3 is 0 Å². The molecule has 0 heterocycles. The summed E-state index contributed by atoms with van der Waals surface area (Å²) in [6.45, 7) is 50.6. The number of fused-ring (bicyclic) bond motifs is 7. The van der Waals surface area contributed by atoms with Gasteiger partial charge in [0.25, 0.3) is 0 Å². The molecule has 5 aliphatic rings. The van der Waals surface area contributed by atoms with Gasteiger partial charge >= 0.3 is 0 Å². The van der Waals surface area contributed by atoms with Gasteiger partial charge in [-0.3, -0.25) is 0 Å². The van der Waals surface area contributed by atoms with Crippen LogP contribution in [0.1, 0.15) is 174 Å². The van der Waals surface area contributed by atoms with Gasteiger partial charge in [0.2, 0.25) is 0 Å². The van der Waals surface area contributed by atoms with E-state index in [4.69, 9.17) is 6.58 Å². The third-order valence-electron chi connectivity index (χ3n) is 20.2. The van der Waals surface area contributed by atoms with Crippen LogP contribution in [0.25, 0.3) is 0 Å². The van der Waals surface area contributed by atoms with Crippen LogP contribution in [-0.2, 0) is 0 Å². The molecule has 0 nitrogen and oxygen atoms in total. The van der Waals surface area contributed by atoms with Crippen molar-refractivity contribution in [2.75, 3.05) is 0 Å². The lowest BCUT2D eigenvalue weighted by molar-refractivity contribution is -0.347. The lowest BCUT2D eigenvalue weighted by Crippen LogP contribution is -2.76. The third kappa shape index (κ3) is 3.54. The first-order chi connectivity index (χ1) is 19.8. The molecule has 0 aliphatic heterocycles. The lowest BCUT2D eigenvalue weighted by Gasteiger charge is -2.83. The summed E-state index contributed by atoms with van der Waals surface area (Å²) in [7, 11) is 0. The summed E-state index contributed by atoms with van der Waals surface area (Å²) < 4.78 is 0. The van der Waals surface area contributed by atoms with E-state index in [0.717, 1.165) is 12.3 Å². The van der Waals surface area contributed by atoms with Crippen molar-refractivity contribution in [3.05, 3.63) is 36.5 Å². The second-order valence-electron chi connectivity index (χ2n) is 20.7. The Morgan fingerprint density at radius 1 is 0.614 bits per heavy atom. The molecule has 5 aliphatic carbocycles. The number of hydrogen-bond donors (Lipinski definition) is 0. The molecule has 5 rings (SSSR count). The molecule has 0 spiro atoms. The summed E-state index contributed by atoms with van der Waals surface area (Å²) in [5, 5.41) is 0. The monoisotopic (exact) mass is 603 g/mol. The van der Waals surface area contributed by atoms with E-state index in [1.807, 2.05) is 0 Å². The van der Waals surface area contributed by atoms with Crippen LogP contribution in [0, 0.1) is 66.0 Å². The molecule has 5 fully saturated rings. The van der Waals surface area contributed by atoms with Crippen molar-refractivity contribution < 1.29 is 0 Å². The summed E-state index contributed by atoms with van der Waals surface area (Å²) in [6.07, 6.45) is 15.9. The molecule has 5 saturated carbocycles. The first kappa shape index (κ1) is 34.6. The molecule has 8 unspecified atom stereocenters. The van der Waals surface area contributed by atoms with E-state index in [0.29, 0.717) is 49.2 Å². The van der Waals surface area contributed by atoms with Gasteiger partial charge in [-0.25, -0.2) is 0 Å². The summed E-state index contributed by atoms with van der Waals surface area (Å²) >= 11 is 0. The van der Waals surface area contributed by atoms with Crippen molar-refractivity contribution in [3.63, 3.8) is 0 Å². The van der Waals surface area contributed by atoms with Crippen molar-refractivity contribution in [2.45, 2.75) is 174 Å². The number of hydrogen-bond acceptors (Lipinski definition) is 0. The molecule has 250 valence electrons. The van der Waals surface area contributed by atoms with Crippen molar-refractivity contribution in [2.24, 2.45) is 66.0 Å². The SMILES string of the molecule is C=C(CC1CCC2(C)C3(C)CCC4(C)C(C)(CCC5(C(=C)C)CCC(C)[C@@]54C)C3(C)CC[C@@]2(C)C1(C)C)CC(C)(C)C(=C)C. The first-order valence-corrected chi connectivity index (χ1v) is 18.8. The molecule has 0 bridgehead atoms. The van der Waals surface area contributed by atoms with E-state index in [9.17, 15) is 0 Å². The molecule has 0 aromatic heterocycles. The predicted molar refractivity (Wildman–Crippen MR) is 194 cm³/mol. The third-order valence-corrected chi connectivity index (χ3v) is 20.2. The molecule has 0 N–H and O–H groups in total. The minimum atomic E-state index is 0.133. The van der Waals surface area contributed by atoms with Crippen LogP contribution in [0.5, 0.6) is 0 Å². The second-order valence-corrected chi connectivity index (χ2v) is 20.7. The van der Waals surface area contributed by atoms with Crippen LogP contribution < -0.4 is 0 Å². The van der Waals surface area contributed by atoms with Gasteiger partial charge in [-0.05, 0) is 157 Å². The van der Waals surface area contributed by atoms with Crippen molar-refractivity contribution in [1.29, 1.82) is 0 Å². The van der Waals surface area contributed by atoms with Gasteiger partial charge in [0.15, 0.2) is 0 Å². The van der Waals surface area contributed by atoms with Gasteiger partial charge in [-0.15, -0.1) is 0 Å². The average Bonchev–Trinajstić information content (AvgIpc) is 3.19. The van der Waals surface area contributed by atoms with Gasteiger partial charge in [-0.2, -0.15) is 0 Å². The predicted octanol–water partition coefficient (Wildman–Crippen LogP) is 13.8. The van der Waals surface area contributed by atoms with Crippen molar-refractivity contribution in [3.8, 4) is 0 Å². The molecular formula is C44H74. The van der Waals surface area contributed by atoms with E-state index in [1.165, 1.54) is 87.3 Å².